The predicted molar refractivity (Wildman–Crippen MR) is 66.3 cm³/mol. The second-order valence-corrected chi connectivity index (χ2v) is 4.18. The summed E-state index contributed by atoms with van der Waals surface area (Å²) in [5.41, 5.74) is 7.10. The first kappa shape index (κ1) is 11.9. The van der Waals surface area contributed by atoms with Crippen LogP contribution in [-0.4, -0.2) is 12.4 Å². The van der Waals surface area contributed by atoms with Gasteiger partial charge in [0.15, 0.2) is 11.5 Å². The summed E-state index contributed by atoms with van der Waals surface area (Å²) in [6.45, 7) is 0.631. The van der Waals surface area contributed by atoms with E-state index >= 15 is 0 Å². The summed E-state index contributed by atoms with van der Waals surface area (Å²) in [6, 6.07) is 9.76. The summed E-state index contributed by atoms with van der Waals surface area (Å²) >= 11 is 0. The van der Waals surface area contributed by atoms with Gasteiger partial charge in [-0.3, -0.25) is 4.79 Å². The van der Waals surface area contributed by atoms with E-state index in [1.165, 1.54) is 0 Å². The maximum absolute atomic E-state index is 11.7. The average molecular weight is 231 g/mol. The number of hydrogen-bond donors (Lipinski definition) is 1. The van der Waals surface area contributed by atoms with Crippen molar-refractivity contribution in [3.8, 4) is 0 Å². The minimum Gasteiger partial charge on any atom is -0.490 e. The van der Waals surface area contributed by atoms with E-state index in [1.807, 2.05) is 36.4 Å². The highest BCUT2D eigenvalue weighted by Crippen LogP contribution is 2.18. The van der Waals surface area contributed by atoms with Crippen LogP contribution in [0.1, 0.15) is 30.9 Å². The van der Waals surface area contributed by atoms with Crippen molar-refractivity contribution >= 4 is 5.78 Å². The van der Waals surface area contributed by atoms with Crippen molar-refractivity contribution in [2.24, 2.45) is 5.73 Å². The number of allylic oxidation sites excluding steroid dienone is 1. The van der Waals surface area contributed by atoms with E-state index in [1.54, 1.807) is 0 Å². The Balaban J connectivity index is 1.84. The van der Waals surface area contributed by atoms with Crippen LogP contribution >= 0.6 is 0 Å². The van der Waals surface area contributed by atoms with Crippen molar-refractivity contribution in [3.63, 3.8) is 0 Å². The monoisotopic (exact) mass is 231 g/mol. The molecular weight excluding hydrogens is 214 g/mol. The molecule has 0 amide bonds. The molecular formula is C14H17NO2. The van der Waals surface area contributed by atoms with E-state index in [-0.39, 0.29) is 11.8 Å². The number of carbonyl (C=O) groups excluding carboxylic acids is 1. The van der Waals surface area contributed by atoms with Crippen molar-refractivity contribution in [1.82, 2.24) is 0 Å². The molecule has 1 aliphatic rings. The molecule has 0 saturated carbocycles. The molecule has 0 spiro atoms. The molecule has 3 heteroatoms. The number of nitrogens with two attached hydrogens (primary N) is 1. The Morgan fingerprint density at radius 1 is 1.35 bits per heavy atom. The van der Waals surface area contributed by atoms with E-state index in [9.17, 15) is 4.79 Å². The van der Waals surface area contributed by atoms with E-state index in [0.29, 0.717) is 25.2 Å². The first-order valence-corrected chi connectivity index (χ1v) is 5.94. The second kappa shape index (κ2) is 5.64. The average Bonchev–Trinajstić information content (AvgIpc) is 2.90. The molecule has 1 atom stereocenters. The summed E-state index contributed by atoms with van der Waals surface area (Å²) < 4.78 is 5.22. The lowest BCUT2D eigenvalue weighted by Crippen LogP contribution is -2.13. The number of Topliss-reactive ketones (excluding diaryl/α,β-unsaturated/α-hetero) is 1. The van der Waals surface area contributed by atoms with Gasteiger partial charge in [-0.1, -0.05) is 30.3 Å². The smallest absolute Gasteiger partial charge is 0.197 e. The fourth-order valence-corrected chi connectivity index (χ4v) is 1.89. The van der Waals surface area contributed by atoms with Crippen molar-refractivity contribution in [1.29, 1.82) is 0 Å². The molecule has 1 heterocycles. The molecule has 0 aliphatic carbocycles. The molecule has 2 N–H and O–H groups in total. The Morgan fingerprint density at radius 2 is 2.12 bits per heavy atom. The van der Waals surface area contributed by atoms with Gasteiger partial charge in [0.05, 0.1) is 6.61 Å². The molecule has 1 aromatic carbocycles. The molecule has 17 heavy (non-hydrogen) atoms. The molecule has 0 radical (unpaired) electrons. The summed E-state index contributed by atoms with van der Waals surface area (Å²) in [7, 11) is 0. The zero-order chi connectivity index (χ0) is 12.1. The zero-order valence-corrected chi connectivity index (χ0v) is 9.76. The van der Waals surface area contributed by atoms with Crippen LogP contribution in [0, 0.1) is 0 Å². The lowest BCUT2D eigenvalue weighted by atomic mass is 10.0. The number of benzene rings is 1. The van der Waals surface area contributed by atoms with Crippen LogP contribution in [-0.2, 0) is 9.53 Å². The molecule has 1 aromatic rings. The van der Waals surface area contributed by atoms with Crippen molar-refractivity contribution in [2.75, 3.05) is 6.61 Å². The van der Waals surface area contributed by atoms with Crippen molar-refractivity contribution in [2.45, 2.75) is 25.3 Å². The van der Waals surface area contributed by atoms with Crippen LogP contribution in [0.25, 0.3) is 0 Å². The van der Waals surface area contributed by atoms with Crippen LogP contribution in [0.2, 0.25) is 0 Å². The zero-order valence-electron chi connectivity index (χ0n) is 9.76. The van der Waals surface area contributed by atoms with Crippen LogP contribution in [0.4, 0.5) is 0 Å². The van der Waals surface area contributed by atoms with Crippen LogP contribution in [0.3, 0.4) is 0 Å². The first-order chi connectivity index (χ1) is 8.27. The molecule has 2 rings (SSSR count). The van der Waals surface area contributed by atoms with Crippen LogP contribution < -0.4 is 5.73 Å². The third-order valence-electron chi connectivity index (χ3n) is 2.89. The second-order valence-electron chi connectivity index (χ2n) is 4.18. The highest BCUT2D eigenvalue weighted by Gasteiger charge is 2.16. The van der Waals surface area contributed by atoms with Gasteiger partial charge in [0, 0.05) is 18.9 Å². The highest BCUT2D eigenvalue weighted by molar-refractivity contribution is 5.93. The van der Waals surface area contributed by atoms with Gasteiger partial charge in [-0.05, 0) is 18.1 Å². The summed E-state index contributed by atoms with van der Waals surface area (Å²) in [5, 5.41) is 0. The third-order valence-corrected chi connectivity index (χ3v) is 2.89. The maximum atomic E-state index is 11.7. The molecule has 0 aromatic heterocycles. The Morgan fingerprint density at radius 3 is 2.76 bits per heavy atom. The van der Waals surface area contributed by atoms with Gasteiger partial charge in [0.25, 0.3) is 0 Å². The number of rotatable bonds is 5. The van der Waals surface area contributed by atoms with Gasteiger partial charge < -0.3 is 10.5 Å². The largest absolute Gasteiger partial charge is 0.490 e. The van der Waals surface area contributed by atoms with E-state index in [2.05, 4.69) is 0 Å². The fourth-order valence-electron chi connectivity index (χ4n) is 1.89. The molecule has 90 valence electrons. The lowest BCUT2D eigenvalue weighted by molar-refractivity contribution is -0.118. The minimum atomic E-state index is -0.0813. The Bertz CT molecular complexity index is 411. The Labute approximate surface area is 101 Å². The van der Waals surface area contributed by atoms with Gasteiger partial charge >= 0.3 is 0 Å². The van der Waals surface area contributed by atoms with Crippen LogP contribution in [0.5, 0.6) is 0 Å². The lowest BCUT2D eigenvalue weighted by Gasteiger charge is -2.11. The molecule has 3 nitrogen and oxygen atoms in total. The predicted octanol–water partition coefficient (Wildman–Crippen LogP) is 2.34. The van der Waals surface area contributed by atoms with E-state index in [0.717, 1.165) is 12.0 Å². The number of carbonyl (C=O) groups is 1. The molecule has 1 aliphatic heterocycles. The number of ketones is 1. The Kier molecular flexibility index (Phi) is 3.94. The topological polar surface area (TPSA) is 52.3 Å². The highest BCUT2D eigenvalue weighted by atomic mass is 16.5. The van der Waals surface area contributed by atoms with E-state index < -0.39 is 0 Å². The normalized spacial score (nSPS) is 16.2. The molecule has 0 fully saturated rings. The van der Waals surface area contributed by atoms with E-state index in [4.69, 9.17) is 10.5 Å². The van der Waals surface area contributed by atoms with Gasteiger partial charge in [-0.2, -0.15) is 0 Å². The summed E-state index contributed by atoms with van der Waals surface area (Å²) in [4.78, 5) is 11.7. The summed E-state index contributed by atoms with van der Waals surface area (Å²) in [6.07, 6.45) is 3.80. The third kappa shape index (κ3) is 3.17. The maximum Gasteiger partial charge on any atom is 0.197 e. The van der Waals surface area contributed by atoms with Crippen molar-refractivity contribution < 1.29 is 9.53 Å². The SMILES string of the molecule is NC(CCC(=O)C1=CCCO1)c1ccccc1. The minimum absolute atomic E-state index is 0.0638. The van der Waals surface area contributed by atoms with Crippen LogP contribution in [0.15, 0.2) is 42.2 Å². The van der Waals surface area contributed by atoms with Gasteiger partial charge in [0.1, 0.15) is 0 Å². The molecule has 1 unspecified atom stereocenters. The number of ether oxygens (including phenoxy) is 1. The molecule has 0 saturated heterocycles. The first-order valence-electron chi connectivity index (χ1n) is 5.94. The Hall–Kier alpha value is -1.61. The number of hydrogen-bond acceptors (Lipinski definition) is 3. The fraction of sp³-hybridized carbons (Fsp3) is 0.357. The van der Waals surface area contributed by atoms with Crippen molar-refractivity contribution in [3.05, 3.63) is 47.7 Å². The quantitative estimate of drug-likeness (QED) is 0.846. The van der Waals surface area contributed by atoms with Gasteiger partial charge in [-0.25, -0.2) is 0 Å². The standard InChI is InChI=1S/C14H17NO2/c15-12(11-5-2-1-3-6-11)8-9-13(16)14-7-4-10-17-14/h1-3,5-7,12H,4,8-10,15H2. The summed E-state index contributed by atoms with van der Waals surface area (Å²) in [5.74, 6) is 0.583. The van der Waals surface area contributed by atoms with Gasteiger partial charge in [-0.15, -0.1) is 0 Å². The molecule has 0 bridgehead atoms. The van der Waals surface area contributed by atoms with Gasteiger partial charge in [0.2, 0.25) is 0 Å².